The number of nitrogens with zero attached hydrogens (tertiary/aromatic N) is 2. The molecule has 2 rings (SSSR count). The average Bonchev–Trinajstić information content (AvgIpc) is 2.85. The molecule has 0 unspecified atom stereocenters. The second kappa shape index (κ2) is 3.30. The molecule has 1 fully saturated rings. The highest BCUT2D eigenvalue weighted by atomic mass is 16.5. The number of anilines is 1. The van der Waals surface area contributed by atoms with Crippen LogP contribution in [-0.4, -0.2) is 17.1 Å². The summed E-state index contributed by atoms with van der Waals surface area (Å²) >= 11 is 0. The van der Waals surface area contributed by atoms with Crippen LogP contribution in [0.25, 0.3) is 0 Å². The van der Waals surface area contributed by atoms with Crippen molar-refractivity contribution in [2.75, 3.05) is 12.8 Å². The van der Waals surface area contributed by atoms with Gasteiger partial charge in [0.15, 0.2) is 0 Å². The molecule has 2 N–H and O–H groups in total. The van der Waals surface area contributed by atoms with E-state index in [0.29, 0.717) is 18.3 Å². The van der Waals surface area contributed by atoms with Gasteiger partial charge in [-0.05, 0) is 12.8 Å². The van der Waals surface area contributed by atoms with Crippen molar-refractivity contribution in [1.82, 2.24) is 9.97 Å². The Morgan fingerprint density at radius 3 is 2.92 bits per heavy atom. The zero-order valence-electron chi connectivity index (χ0n) is 7.66. The van der Waals surface area contributed by atoms with Crippen molar-refractivity contribution in [2.24, 2.45) is 0 Å². The van der Waals surface area contributed by atoms with Gasteiger partial charge in [0.05, 0.1) is 12.3 Å². The Hall–Kier alpha value is -1.16. The quantitative estimate of drug-likeness (QED) is 0.754. The van der Waals surface area contributed by atoms with Crippen molar-refractivity contribution in [3.05, 3.63) is 17.6 Å². The third kappa shape index (κ3) is 1.95. The van der Waals surface area contributed by atoms with E-state index in [4.69, 9.17) is 10.5 Å². The molecule has 1 heterocycles. The zero-order valence-corrected chi connectivity index (χ0v) is 7.66. The summed E-state index contributed by atoms with van der Waals surface area (Å²) in [5.74, 6) is 1.97. The second-order valence-corrected chi connectivity index (χ2v) is 3.35. The van der Waals surface area contributed by atoms with E-state index in [1.54, 1.807) is 13.2 Å². The molecule has 4 nitrogen and oxygen atoms in total. The first-order chi connectivity index (χ1) is 6.29. The molecule has 1 aromatic heterocycles. The number of ether oxygens (including phenoxy) is 1. The molecular weight excluding hydrogens is 166 g/mol. The van der Waals surface area contributed by atoms with Gasteiger partial charge in [0.1, 0.15) is 11.6 Å². The minimum absolute atomic E-state index is 0.506. The van der Waals surface area contributed by atoms with E-state index >= 15 is 0 Å². The van der Waals surface area contributed by atoms with E-state index in [0.717, 1.165) is 11.5 Å². The molecule has 0 saturated heterocycles. The molecule has 0 bridgehead atoms. The monoisotopic (exact) mass is 179 g/mol. The van der Waals surface area contributed by atoms with Crippen molar-refractivity contribution < 1.29 is 4.74 Å². The van der Waals surface area contributed by atoms with Crippen LogP contribution in [0.2, 0.25) is 0 Å². The lowest BCUT2D eigenvalue weighted by Gasteiger charge is -2.03. The molecule has 1 aliphatic carbocycles. The summed E-state index contributed by atoms with van der Waals surface area (Å²) in [6.45, 7) is 0.506. The maximum absolute atomic E-state index is 5.65. The molecule has 1 aliphatic rings. The molecule has 4 heteroatoms. The predicted molar refractivity (Wildman–Crippen MR) is 49.1 cm³/mol. The highest BCUT2D eigenvalue weighted by Crippen LogP contribution is 2.38. The van der Waals surface area contributed by atoms with Crippen LogP contribution in [0.3, 0.4) is 0 Å². The fourth-order valence-electron chi connectivity index (χ4n) is 1.29. The maximum atomic E-state index is 5.65. The number of nitrogens with two attached hydrogens (primary N) is 1. The highest BCUT2D eigenvalue weighted by molar-refractivity contribution is 5.31. The van der Waals surface area contributed by atoms with Gasteiger partial charge in [0.2, 0.25) is 0 Å². The molecule has 1 aromatic rings. The van der Waals surface area contributed by atoms with E-state index in [-0.39, 0.29) is 0 Å². The van der Waals surface area contributed by atoms with Gasteiger partial charge in [0, 0.05) is 19.1 Å². The van der Waals surface area contributed by atoms with Crippen molar-refractivity contribution in [3.63, 3.8) is 0 Å². The Balaban J connectivity index is 2.25. The van der Waals surface area contributed by atoms with Crippen LogP contribution >= 0.6 is 0 Å². The summed E-state index contributed by atoms with van der Waals surface area (Å²) < 4.78 is 4.99. The van der Waals surface area contributed by atoms with E-state index in [9.17, 15) is 0 Å². The maximum Gasteiger partial charge on any atom is 0.134 e. The number of hydrogen-bond donors (Lipinski definition) is 1. The lowest BCUT2D eigenvalue weighted by molar-refractivity contribution is 0.181. The molecule has 0 spiro atoms. The number of methoxy groups -OCH3 is 1. The van der Waals surface area contributed by atoms with Crippen LogP contribution < -0.4 is 5.73 Å². The molecule has 0 atom stereocenters. The van der Waals surface area contributed by atoms with Crippen LogP contribution in [0, 0.1) is 0 Å². The summed E-state index contributed by atoms with van der Waals surface area (Å²) in [6.07, 6.45) is 2.38. The number of hydrogen-bond acceptors (Lipinski definition) is 4. The van der Waals surface area contributed by atoms with Crippen LogP contribution in [0.15, 0.2) is 6.07 Å². The molecule has 1 saturated carbocycles. The Morgan fingerprint density at radius 2 is 2.31 bits per heavy atom. The van der Waals surface area contributed by atoms with E-state index < -0.39 is 0 Å². The van der Waals surface area contributed by atoms with Crippen LogP contribution in [0.5, 0.6) is 0 Å². The molecule has 0 aromatic carbocycles. The minimum atomic E-state index is 0.506. The molecular formula is C9H13N3O. The normalized spacial score (nSPS) is 16.1. The van der Waals surface area contributed by atoms with Crippen molar-refractivity contribution in [1.29, 1.82) is 0 Å². The summed E-state index contributed by atoms with van der Waals surface area (Å²) in [4.78, 5) is 8.56. The second-order valence-electron chi connectivity index (χ2n) is 3.35. The van der Waals surface area contributed by atoms with Gasteiger partial charge >= 0.3 is 0 Å². The first-order valence-electron chi connectivity index (χ1n) is 4.42. The van der Waals surface area contributed by atoms with Gasteiger partial charge in [-0.3, -0.25) is 0 Å². The highest BCUT2D eigenvalue weighted by Gasteiger charge is 2.26. The fraction of sp³-hybridized carbons (Fsp3) is 0.556. The fourth-order valence-corrected chi connectivity index (χ4v) is 1.29. The molecule has 70 valence electrons. The lowest BCUT2D eigenvalue weighted by atomic mass is 10.3. The van der Waals surface area contributed by atoms with Crippen LogP contribution in [0.1, 0.15) is 30.3 Å². The van der Waals surface area contributed by atoms with Crippen LogP contribution in [-0.2, 0) is 11.3 Å². The SMILES string of the molecule is COCc1cc(N)nc(C2CC2)n1. The van der Waals surface area contributed by atoms with Crippen molar-refractivity contribution in [3.8, 4) is 0 Å². The largest absolute Gasteiger partial charge is 0.384 e. The summed E-state index contributed by atoms with van der Waals surface area (Å²) in [5.41, 5.74) is 6.52. The summed E-state index contributed by atoms with van der Waals surface area (Å²) in [7, 11) is 1.65. The molecule has 0 radical (unpaired) electrons. The lowest BCUT2D eigenvalue weighted by Crippen LogP contribution is -2.03. The standard InChI is InChI=1S/C9H13N3O/c1-13-5-7-4-8(10)12-9(11-7)6-2-3-6/h4,6H,2-3,5H2,1H3,(H2,10,11,12). The Bertz CT molecular complexity index is 310. The van der Waals surface area contributed by atoms with Gasteiger partial charge in [-0.15, -0.1) is 0 Å². The summed E-state index contributed by atoms with van der Waals surface area (Å²) in [5, 5.41) is 0. The zero-order chi connectivity index (χ0) is 9.26. The first-order valence-corrected chi connectivity index (χ1v) is 4.42. The Morgan fingerprint density at radius 1 is 1.54 bits per heavy atom. The van der Waals surface area contributed by atoms with Crippen molar-refractivity contribution in [2.45, 2.75) is 25.4 Å². The molecule has 13 heavy (non-hydrogen) atoms. The van der Waals surface area contributed by atoms with E-state index in [1.807, 2.05) is 0 Å². The number of rotatable bonds is 3. The van der Waals surface area contributed by atoms with Gasteiger partial charge in [-0.2, -0.15) is 0 Å². The average molecular weight is 179 g/mol. The molecule has 0 amide bonds. The summed E-state index contributed by atoms with van der Waals surface area (Å²) in [6, 6.07) is 1.76. The topological polar surface area (TPSA) is 61.0 Å². The van der Waals surface area contributed by atoms with Crippen molar-refractivity contribution >= 4 is 5.82 Å². The van der Waals surface area contributed by atoms with Crippen LogP contribution in [0.4, 0.5) is 5.82 Å². The third-order valence-electron chi connectivity index (χ3n) is 2.05. The number of aromatic nitrogens is 2. The smallest absolute Gasteiger partial charge is 0.134 e. The van der Waals surface area contributed by atoms with Gasteiger partial charge < -0.3 is 10.5 Å². The van der Waals surface area contributed by atoms with E-state index in [2.05, 4.69) is 9.97 Å². The predicted octanol–water partition coefficient (Wildman–Crippen LogP) is 1.08. The Labute approximate surface area is 77.1 Å². The first kappa shape index (κ1) is 8.44. The van der Waals surface area contributed by atoms with Gasteiger partial charge in [-0.1, -0.05) is 0 Å². The van der Waals surface area contributed by atoms with Gasteiger partial charge in [0.25, 0.3) is 0 Å². The van der Waals surface area contributed by atoms with E-state index in [1.165, 1.54) is 12.8 Å². The number of nitrogen functional groups attached to an aromatic ring is 1. The minimum Gasteiger partial charge on any atom is -0.384 e. The third-order valence-corrected chi connectivity index (χ3v) is 2.05. The molecule has 0 aliphatic heterocycles. The van der Waals surface area contributed by atoms with Gasteiger partial charge in [-0.25, -0.2) is 9.97 Å². The Kier molecular flexibility index (Phi) is 2.14.